The van der Waals surface area contributed by atoms with Crippen LogP contribution >= 0.6 is 0 Å². The van der Waals surface area contributed by atoms with Crippen molar-refractivity contribution in [3.8, 4) is 0 Å². The number of benzene rings is 2. The molecular formula is C25H33N3O3. The first-order valence-corrected chi connectivity index (χ1v) is 10.8. The highest BCUT2D eigenvalue weighted by Crippen LogP contribution is 2.15. The molecule has 1 aliphatic rings. The summed E-state index contributed by atoms with van der Waals surface area (Å²) in [6.07, 6.45) is 5.72. The Balaban J connectivity index is 0.000000357. The van der Waals surface area contributed by atoms with Crippen molar-refractivity contribution in [2.24, 2.45) is 10.7 Å². The van der Waals surface area contributed by atoms with E-state index in [9.17, 15) is 9.59 Å². The number of aliphatic imine (C=N–C) groups is 1. The maximum absolute atomic E-state index is 12.6. The number of nitrogens with one attached hydrogen (secondary N) is 1. The topological polar surface area (TPSA) is 93.8 Å². The fourth-order valence-corrected chi connectivity index (χ4v) is 3.48. The average molecular weight is 424 g/mol. The molecule has 6 heteroatoms. The van der Waals surface area contributed by atoms with Crippen LogP contribution in [-0.2, 0) is 14.3 Å². The number of hydrogen-bond acceptors (Lipinski definition) is 4. The Morgan fingerprint density at radius 3 is 2.32 bits per heavy atom. The predicted molar refractivity (Wildman–Crippen MR) is 124 cm³/mol. The smallest absolute Gasteiger partial charge is 0.270 e. The molecule has 1 fully saturated rings. The Bertz CT molecular complexity index is 875. The van der Waals surface area contributed by atoms with E-state index in [-0.39, 0.29) is 5.71 Å². The van der Waals surface area contributed by atoms with Crippen LogP contribution in [0.2, 0.25) is 0 Å². The molecule has 2 amide bonds. The first-order valence-electron chi connectivity index (χ1n) is 10.8. The van der Waals surface area contributed by atoms with E-state index in [0.717, 1.165) is 17.7 Å². The predicted octanol–water partition coefficient (Wildman–Crippen LogP) is 3.72. The standard InChI is InChI=1S/C18H19N3O2.C7H14O/c1-12-8-6-7-11-14(12)16(20-2)18(23)21-15(17(19)22)13-9-4-3-5-10-13;1-2-7-5-3-4-6-8-7/h3-11,15H,1-2H3,(H2,19,22)(H,21,23);7H,2-6H2,1H3. The number of primary amides is 1. The van der Waals surface area contributed by atoms with Crippen LogP contribution in [0.25, 0.3) is 0 Å². The van der Waals surface area contributed by atoms with Crippen molar-refractivity contribution in [3.63, 3.8) is 0 Å². The van der Waals surface area contributed by atoms with Gasteiger partial charge in [0.05, 0.1) is 6.10 Å². The summed E-state index contributed by atoms with van der Waals surface area (Å²) in [5.41, 5.74) is 7.99. The quantitative estimate of drug-likeness (QED) is 0.694. The summed E-state index contributed by atoms with van der Waals surface area (Å²) in [7, 11) is 1.54. The summed E-state index contributed by atoms with van der Waals surface area (Å²) >= 11 is 0. The van der Waals surface area contributed by atoms with Crippen LogP contribution in [-0.4, -0.2) is 37.3 Å². The molecule has 1 saturated heterocycles. The molecule has 31 heavy (non-hydrogen) atoms. The van der Waals surface area contributed by atoms with E-state index in [1.54, 1.807) is 31.3 Å². The lowest BCUT2D eigenvalue weighted by molar-refractivity contribution is -0.124. The summed E-state index contributed by atoms with van der Waals surface area (Å²) in [4.78, 5) is 28.4. The van der Waals surface area contributed by atoms with Gasteiger partial charge in [-0.2, -0.15) is 0 Å². The monoisotopic (exact) mass is 423 g/mol. The van der Waals surface area contributed by atoms with Gasteiger partial charge < -0.3 is 15.8 Å². The first kappa shape index (κ1) is 24.3. The Morgan fingerprint density at radius 1 is 1.13 bits per heavy atom. The summed E-state index contributed by atoms with van der Waals surface area (Å²) < 4.78 is 5.43. The minimum absolute atomic E-state index is 0.269. The zero-order valence-corrected chi connectivity index (χ0v) is 18.6. The van der Waals surface area contributed by atoms with Crippen LogP contribution in [0.15, 0.2) is 59.6 Å². The van der Waals surface area contributed by atoms with Crippen LogP contribution in [0.5, 0.6) is 0 Å². The van der Waals surface area contributed by atoms with Gasteiger partial charge in [-0.15, -0.1) is 0 Å². The number of carbonyl (C=O) groups is 2. The highest BCUT2D eigenvalue weighted by molar-refractivity contribution is 6.45. The molecule has 2 atom stereocenters. The first-order chi connectivity index (χ1) is 15.0. The van der Waals surface area contributed by atoms with E-state index in [1.165, 1.54) is 25.7 Å². The molecule has 3 rings (SSSR count). The molecule has 3 N–H and O–H groups in total. The fourth-order valence-electron chi connectivity index (χ4n) is 3.48. The molecule has 0 aliphatic carbocycles. The normalized spacial score (nSPS) is 17.1. The van der Waals surface area contributed by atoms with E-state index >= 15 is 0 Å². The lowest BCUT2D eigenvalue weighted by Crippen LogP contribution is -2.41. The van der Waals surface area contributed by atoms with Gasteiger partial charge >= 0.3 is 0 Å². The third-order valence-electron chi connectivity index (χ3n) is 5.26. The molecule has 166 valence electrons. The van der Waals surface area contributed by atoms with Crippen molar-refractivity contribution in [1.82, 2.24) is 5.32 Å². The third-order valence-corrected chi connectivity index (χ3v) is 5.26. The van der Waals surface area contributed by atoms with Crippen LogP contribution < -0.4 is 11.1 Å². The van der Waals surface area contributed by atoms with Gasteiger partial charge in [-0.3, -0.25) is 14.6 Å². The third kappa shape index (κ3) is 7.33. The molecule has 2 aromatic carbocycles. The number of nitrogens with zero attached hydrogens (tertiary/aromatic N) is 1. The molecule has 6 nitrogen and oxygen atoms in total. The molecule has 1 heterocycles. The maximum atomic E-state index is 12.6. The van der Waals surface area contributed by atoms with Gasteiger partial charge in [-0.05, 0) is 43.7 Å². The van der Waals surface area contributed by atoms with Crippen molar-refractivity contribution >= 4 is 17.5 Å². The van der Waals surface area contributed by atoms with Crippen LogP contribution in [0.4, 0.5) is 0 Å². The summed E-state index contributed by atoms with van der Waals surface area (Å²) in [5.74, 6) is -1.06. The molecule has 0 saturated carbocycles. The lowest BCUT2D eigenvalue weighted by Gasteiger charge is -2.20. The number of nitrogens with two attached hydrogens (primary N) is 1. The summed E-state index contributed by atoms with van der Waals surface area (Å²) in [6.45, 7) is 5.09. The van der Waals surface area contributed by atoms with Gasteiger partial charge in [0.25, 0.3) is 5.91 Å². The van der Waals surface area contributed by atoms with E-state index in [4.69, 9.17) is 10.5 Å². The summed E-state index contributed by atoms with van der Waals surface area (Å²) in [5, 5.41) is 2.67. The maximum Gasteiger partial charge on any atom is 0.270 e. The Kier molecular flexibility index (Phi) is 9.91. The van der Waals surface area contributed by atoms with Crippen molar-refractivity contribution < 1.29 is 14.3 Å². The highest BCUT2D eigenvalue weighted by atomic mass is 16.5. The molecule has 0 aromatic heterocycles. The SMILES string of the molecule is CCC1CCCCO1.CN=C(C(=O)NC(C(N)=O)c1ccccc1)c1ccccc1C. The van der Waals surface area contributed by atoms with Crippen LogP contribution in [0.3, 0.4) is 0 Å². The van der Waals surface area contributed by atoms with Crippen molar-refractivity contribution in [2.75, 3.05) is 13.7 Å². The Labute approximate surface area is 184 Å². The lowest BCUT2D eigenvalue weighted by atomic mass is 10.0. The average Bonchev–Trinajstić information content (AvgIpc) is 2.80. The second-order valence-corrected chi connectivity index (χ2v) is 7.50. The Hall–Kier alpha value is -2.99. The number of amides is 2. The van der Waals surface area contributed by atoms with E-state index in [1.807, 2.05) is 37.3 Å². The number of rotatable bonds is 6. The molecule has 0 bridgehead atoms. The van der Waals surface area contributed by atoms with Crippen molar-refractivity contribution in [3.05, 3.63) is 71.3 Å². The number of carbonyl (C=O) groups excluding carboxylic acids is 2. The zero-order chi connectivity index (χ0) is 22.6. The van der Waals surface area contributed by atoms with Crippen LogP contribution in [0, 0.1) is 6.92 Å². The van der Waals surface area contributed by atoms with E-state index in [0.29, 0.717) is 11.7 Å². The minimum Gasteiger partial charge on any atom is -0.378 e. The number of hydrogen-bond donors (Lipinski definition) is 2. The molecular weight excluding hydrogens is 390 g/mol. The van der Waals surface area contributed by atoms with E-state index < -0.39 is 17.9 Å². The second kappa shape index (κ2) is 12.6. The van der Waals surface area contributed by atoms with Crippen molar-refractivity contribution in [2.45, 2.75) is 51.7 Å². The molecule has 2 unspecified atom stereocenters. The zero-order valence-electron chi connectivity index (χ0n) is 18.6. The molecule has 1 aliphatic heterocycles. The minimum atomic E-state index is -0.899. The molecule has 0 radical (unpaired) electrons. The highest BCUT2D eigenvalue weighted by Gasteiger charge is 2.23. The van der Waals surface area contributed by atoms with Gasteiger partial charge in [0.1, 0.15) is 11.8 Å². The van der Waals surface area contributed by atoms with E-state index in [2.05, 4.69) is 17.2 Å². The molecule has 2 aromatic rings. The summed E-state index contributed by atoms with van der Waals surface area (Å²) in [6, 6.07) is 15.4. The fraction of sp³-hybridized carbons (Fsp3) is 0.400. The van der Waals surface area contributed by atoms with Crippen molar-refractivity contribution in [1.29, 1.82) is 0 Å². The van der Waals surface area contributed by atoms with Crippen LogP contribution in [0.1, 0.15) is 55.3 Å². The number of aryl methyl sites for hydroxylation is 1. The molecule has 0 spiro atoms. The van der Waals surface area contributed by atoms with Gasteiger partial charge in [0, 0.05) is 19.2 Å². The largest absolute Gasteiger partial charge is 0.378 e. The van der Waals surface area contributed by atoms with Gasteiger partial charge in [-0.1, -0.05) is 61.5 Å². The van der Waals surface area contributed by atoms with Gasteiger partial charge in [0.2, 0.25) is 5.91 Å². The van der Waals surface area contributed by atoms with Gasteiger partial charge in [0.15, 0.2) is 0 Å². The Morgan fingerprint density at radius 2 is 1.81 bits per heavy atom. The second-order valence-electron chi connectivity index (χ2n) is 7.50. The van der Waals surface area contributed by atoms with Gasteiger partial charge in [-0.25, -0.2) is 0 Å². The number of ether oxygens (including phenoxy) is 1.